The summed E-state index contributed by atoms with van der Waals surface area (Å²) in [5.41, 5.74) is 0. The molecular weight excluding hydrogens is 307 g/mol. The van der Waals surface area contributed by atoms with E-state index in [-0.39, 0.29) is 0 Å². The summed E-state index contributed by atoms with van der Waals surface area (Å²) in [5.74, 6) is 1.81. The van der Waals surface area contributed by atoms with Gasteiger partial charge in [0.2, 0.25) is 0 Å². The van der Waals surface area contributed by atoms with Crippen molar-refractivity contribution in [3.05, 3.63) is 0 Å². The first kappa shape index (κ1) is 16.7. The van der Waals surface area contributed by atoms with E-state index < -0.39 is 0 Å². The van der Waals surface area contributed by atoms with Gasteiger partial charge in [-0.1, -0.05) is 89.3 Å². The Balaban J connectivity index is 3.47. The monoisotopic (exact) mass is 338 g/mol. The lowest BCUT2D eigenvalue weighted by molar-refractivity contribution is 0.411. The van der Waals surface area contributed by atoms with Crippen molar-refractivity contribution in [3.63, 3.8) is 0 Å². The molecule has 0 radical (unpaired) electrons. The Morgan fingerprint density at radius 1 is 1.00 bits per heavy atom. The average Bonchev–Trinajstić information content (AvgIpc) is 2.17. The van der Waals surface area contributed by atoms with Crippen LogP contribution < -0.4 is 0 Å². The highest BCUT2D eigenvalue weighted by Gasteiger charge is 2.16. The second-order valence-corrected chi connectivity index (χ2v) is 8.69. The van der Waals surface area contributed by atoms with Crippen molar-refractivity contribution in [2.45, 2.75) is 83.0 Å². The molecule has 0 fully saturated rings. The molecule has 0 aliphatic rings. The fourth-order valence-corrected chi connectivity index (χ4v) is 2.40. The highest BCUT2D eigenvalue weighted by molar-refractivity contribution is 14.1. The molecule has 0 aromatic heterocycles. The van der Waals surface area contributed by atoms with E-state index >= 15 is 0 Å². The second kappa shape index (κ2) is 8.77. The summed E-state index contributed by atoms with van der Waals surface area (Å²) in [5, 5.41) is 0. The van der Waals surface area contributed by atoms with E-state index in [2.05, 4.69) is 57.2 Å². The molecule has 0 rings (SSSR count). The molecule has 0 spiro atoms. The van der Waals surface area contributed by atoms with Crippen LogP contribution in [-0.4, -0.2) is 3.42 Å². The summed E-state index contributed by atoms with van der Waals surface area (Å²) in [6, 6.07) is 0. The van der Waals surface area contributed by atoms with Gasteiger partial charge in [-0.25, -0.2) is 0 Å². The van der Waals surface area contributed by atoms with Crippen molar-refractivity contribution in [2.75, 3.05) is 0 Å². The van der Waals surface area contributed by atoms with Crippen LogP contribution in [0.5, 0.6) is 0 Å². The molecule has 0 aromatic carbocycles. The van der Waals surface area contributed by atoms with Crippen LogP contribution in [0.4, 0.5) is 0 Å². The predicted molar refractivity (Wildman–Crippen MR) is 84.4 cm³/mol. The van der Waals surface area contributed by atoms with Crippen LogP contribution in [0.25, 0.3) is 0 Å². The Labute approximate surface area is 117 Å². The maximum absolute atomic E-state index is 2.62. The van der Waals surface area contributed by atoms with Gasteiger partial charge in [-0.2, -0.15) is 0 Å². The van der Waals surface area contributed by atoms with Crippen LogP contribution in [0.1, 0.15) is 79.6 Å². The van der Waals surface area contributed by atoms with Gasteiger partial charge >= 0.3 is 0 Å². The molecule has 0 saturated carbocycles. The van der Waals surface area contributed by atoms with Crippen molar-refractivity contribution in [3.8, 4) is 0 Å². The number of rotatable bonds is 9. The molecule has 2 unspecified atom stereocenters. The smallest absolute Gasteiger partial charge is 0.0191 e. The predicted octanol–water partition coefficient (Wildman–Crippen LogP) is 6.22. The minimum absolute atomic E-state index is 0.537. The van der Waals surface area contributed by atoms with E-state index in [1.54, 1.807) is 0 Å². The third-order valence-corrected chi connectivity index (χ3v) is 4.91. The maximum Gasteiger partial charge on any atom is 0.0191 e. The standard InChI is InChI=1S/C15H31I/c1-6-15(5,16)12-8-11-14(4)10-7-9-13(2)3/h13-14H,6-12H2,1-5H3. The van der Waals surface area contributed by atoms with Gasteiger partial charge in [0.1, 0.15) is 0 Å². The summed E-state index contributed by atoms with van der Waals surface area (Å²) < 4.78 is 0.537. The third kappa shape index (κ3) is 9.92. The van der Waals surface area contributed by atoms with Gasteiger partial charge in [0.05, 0.1) is 0 Å². The highest BCUT2D eigenvalue weighted by atomic mass is 127. The number of halogens is 1. The van der Waals surface area contributed by atoms with Crippen molar-refractivity contribution < 1.29 is 0 Å². The Hall–Kier alpha value is 0.730. The van der Waals surface area contributed by atoms with E-state index in [9.17, 15) is 0 Å². The van der Waals surface area contributed by atoms with Crippen molar-refractivity contribution in [1.82, 2.24) is 0 Å². The largest absolute Gasteiger partial charge is 0.0792 e. The van der Waals surface area contributed by atoms with Crippen LogP contribution in [0.15, 0.2) is 0 Å². The summed E-state index contributed by atoms with van der Waals surface area (Å²) in [4.78, 5) is 0. The lowest BCUT2D eigenvalue weighted by Gasteiger charge is -2.21. The SMILES string of the molecule is CCC(C)(I)CCCC(C)CCCC(C)C. The van der Waals surface area contributed by atoms with Crippen LogP contribution in [-0.2, 0) is 0 Å². The van der Waals surface area contributed by atoms with Crippen molar-refractivity contribution in [2.24, 2.45) is 11.8 Å². The molecule has 2 atom stereocenters. The number of alkyl halides is 1. The summed E-state index contributed by atoms with van der Waals surface area (Å²) in [6.45, 7) is 11.8. The molecule has 0 saturated heterocycles. The van der Waals surface area contributed by atoms with Crippen molar-refractivity contribution >= 4 is 22.6 Å². The number of hydrogen-bond acceptors (Lipinski definition) is 0. The minimum atomic E-state index is 0.537. The molecule has 0 aliphatic carbocycles. The second-order valence-electron chi connectivity index (χ2n) is 6.09. The molecule has 0 N–H and O–H groups in total. The van der Waals surface area contributed by atoms with Crippen LogP contribution in [0, 0.1) is 11.8 Å². The zero-order chi connectivity index (χ0) is 12.6. The Kier molecular flexibility index (Phi) is 9.17. The fraction of sp³-hybridized carbons (Fsp3) is 1.00. The topological polar surface area (TPSA) is 0 Å². The minimum Gasteiger partial charge on any atom is -0.0792 e. The zero-order valence-electron chi connectivity index (χ0n) is 12.0. The first-order valence-electron chi connectivity index (χ1n) is 7.06. The van der Waals surface area contributed by atoms with Gasteiger partial charge in [-0.15, -0.1) is 0 Å². The van der Waals surface area contributed by atoms with Crippen LogP contribution in [0.3, 0.4) is 0 Å². The molecule has 98 valence electrons. The molecule has 1 heteroatoms. The summed E-state index contributed by atoms with van der Waals surface area (Å²) in [7, 11) is 0. The lowest BCUT2D eigenvalue weighted by Crippen LogP contribution is -2.13. The first-order chi connectivity index (χ1) is 7.37. The quantitative estimate of drug-likeness (QED) is 0.346. The Morgan fingerprint density at radius 3 is 2.06 bits per heavy atom. The van der Waals surface area contributed by atoms with E-state index in [4.69, 9.17) is 0 Å². The van der Waals surface area contributed by atoms with E-state index in [1.165, 1.54) is 44.9 Å². The number of hydrogen-bond donors (Lipinski definition) is 0. The van der Waals surface area contributed by atoms with Gasteiger partial charge in [-0.3, -0.25) is 0 Å². The molecule has 0 heterocycles. The van der Waals surface area contributed by atoms with Gasteiger partial charge in [0, 0.05) is 3.42 Å². The van der Waals surface area contributed by atoms with E-state index in [0.717, 1.165) is 11.8 Å². The molecular formula is C15H31I. The zero-order valence-corrected chi connectivity index (χ0v) is 14.1. The normalized spacial score (nSPS) is 17.4. The van der Waals surface area contributed by atoms with E-state index in [1.807, 2.05) is 0 Å². The Bertz CT molecular complexity index is 161. The molecule has 0 amide bonds. The fourth-order valence-electron chi connectivity index (χ4n) is 2.01. The highest BCUT2D eigenvalue weighted by Crippen LogP contribution is 2.29. The molecule has 0 aromatic rings. The van der Waals surface area contributed by atoms with Crippen LogP contribution in [0.2, 0.25) is 0 Å². The van der Waals surface area contributed by atoms with E-state index in [0.29, 0.717) is 3.42 Å². The first-order valence-corrected chi connectivity index (χ1v) is 8.14. The molecule has 16 heavy (non-hydrogen) atoms. The van der Waals surface area contributed by atoms with Gasteiger partial charge in [-0.05, 0) is 24.7 Å². The van der Waals surface area contributed by atoms with Gasteiger partial charge in [0.25, 0.3) is 0 Å². The van der Waals surface area contributed by atoms with Gasteiger partial charge in [0.15, 0.2) is 0 Å². The Morgan fingerprint density at radius 2 is 1.56 bits per heavy atom. The van der Waals surface area contributed by atoms with Crippen molar-refractivity contribution in [1.29, 1.82) is 0 Å². The average molecular weight is 338 g/mol. The third-order valence-electron chi connectivity index (χ3n) is 3.61. The van der Waals surface area contributed by atoms with Gasteiger partial charge < -0.3 is 0 Å². The molecule has 0 aliphatic heterocycles. The van der Waals surface area contributed by atoms with Crippen LogP contribution >= 0.6 is 22.6 Å². The maximum atomic E-state index is 2.62. The summed E-state index contributed by atoms with van der Waals surface area (Å²) >= 11 is 2.62. The lowest BCUT2D eigenvalue weighted by atomic mass is 9.93. The molecule has 0 nitrogen and oxygen atoms in total. The molecule has 0 bridgehead atoms. The summed E-state index contributed by atoms with van der Waals surface area (Å²) in [6.07, 6.45) is 9.79.